The van der Waals surface area contributed by atoms with Crippen LogP contribution in [0.2, 0.25) is 0 Å². The number of methoxy groups -OCH3 is 1. The van der Waals surface area contributed by atoms with E-state index in [-0.39, 0.29) is 0 Å². The van der Waals surface area contributed by atoms with Crippen molar-refractivity contribution in [3.05, 3.63) is 28.2 Å². The number of benzene rings is 1. The minimum Gasteiger partial charge on any atom is -0.496 e. The monoisotopic (exact) mass is 433 g/mol. The maximum Gasteiger partial charge on any atom is 0.408 e. The molecular formula is C17H24BrNO5S. The van der Waals surface area contributed by atoms with Crippen molar-refractivity contribution >= 4 is 39.8 Å². The minimum atomic E-state index is -1.08. The summed E-state index contributed by atoms with van der Waals surface area (Å²) >= 11 is 5.00. The van der Waals surface area contributed by atoms with Gasteiger partial charge in [0.2, 0.25) is 0 Å². The van der Waals surface area contributed by atoms with Crippen molar-refractivity contribution in [3.8, 4) is 5.75 Å². The van der Waals surface area contributed by atoms with Crippen LogP contribution in [0.15, 0.2) is 22.7 Å². The van der Waals surface area contributed by atoms with E-state index in [2.05, 4.69) is 21.2 Å². The number of aliphatic carboxylic acids is 1. The number of carboxylic acid groups (broad SMARTS) is 1. The van der Waals surface area contributed by atoms with Crippen LogP contribution >= 0.6 is 27.7 Å². The second-order valence-electron chi connectivity index (χ2n) is 6.33. The van der Waals surface area contributed by atoms with Crippen LogP contribution < -0.4 is 10.1 Å². The third-order valence-corrected chi connectivity index (χ3v) is 4.57. The third-order valence-electron chi connectivity index (χ3n) is 3.04. The molecule has 0 aliphatic carbocycles. The molecule has 0 heterocycles. The standard InChI is InChI=1S/C17H24BrNO5S/c1-17(2,3)24-16(22)19-13(15(20)21)7-8-25-10-11-9-12(18)5-6-14(11)23-4/h5-6,9,13H,7-8,10H2,1-4H3,(H,19,22)(H,20,21). The number of carbonyl (C=O) groups excluding carboxylic acids is 1. The van der Waals surface area contributed by atoms with Gasteiger partial charge < -0.3 is 19.9 Å². The molecule has 25 heavy (non-hydrogen) atoms. The molecule has 1 atom stereocenters. The molecular weight excluding hydrogens is 410 g/mol. The van der Waals surface area contributed by atoms with Crippen molar-refractivity contribution in [1.82, 2.24) is 5.32 Å². The molecule has 0 aromatic heterocycles. The molecule has 0 aliphatic rings. The molecule has 0 saturated carbocycles. The van der Waals surface area contributed by atoms with Crippen LogP contribution in [0.1, 0.15) is 32.8 Å². The predicted octanol–water partition coefficient (Wildman–Crippen LogP) is 4.06. The lowest BCUT2D eigenvalue weighted by Crippen LogP contribution is -2.43. The highest BCUT2D eigenvalue weighted by atomic mass is 79.9. The number of hydrogen-bond donors (Lipinski definition) is 2. The smallest absolute Gasteiger partial charge is 0.408 e. The topological polar surface area (TPSA) is 84.9 Å². The SMILES string of the molecule is COc1ccc(Br)cc1CSCCC(NC(=O)OC(C)(C)C)C(=O)O. The Morgan fingerprint density at radius 1 is 1.36 bits per heavy atom. The zero-order chi connectivity index (χ0) is 19.0. The Bertz CT molecular complexity index is 603. The molecule has 140 valence electrons. The van der Waals surface area contributed by atoms with E-state index in [1.807, 2.05) is 18.2 Å². The fourth-order valence-electron chi connectivity index (χ4n) is 1.95. The average molecular weight is 434 g/mol. The number of thioether (sulfide) groups is 1. The molecule has 1 rings (SSSR count). The lowest BCUT2D eigenvalue weighted by atomic mass is 10.2. The largest absolute Gasteiger partial charge is 0.496 e. The van der Waals surface area contributed by atoms with Crippen molar-refractivity contribution in [2.45, 2.75) is 44.6 Å². The zero-order valence-corrected chi connectivity index (χ0v) is 17.2. The number of rotatable bonds is 8. The summed E-state index contributed by atoms with van der Waals surface area (Å²) in [7, 11) is 1.61. The van der Waals surface area contributed by atoms with Crippen LogP contribution in [-0.2, 0) is 15.3 Å². The van der Waals surface area contributed by atoms with E-state index in [4.69, 9.17) is 9.47 Å². The van der Waals surface area contributed by atoms with Crippen molar-refractivity contribution in [2.24, 2.45) is 0 Å². The fraction of sp³-hybridized carbons (Fsp3) is 0.529. The number of halogens is 1. The molecule has 0 radical (unpaired) electrons. The second kappa shape index (κ2) is 9.91. The Morgan fingerprint density at radius 3 is 2.60 bits per heavy atom. The molecule has 2 N–H and O–H groups in total. The van der Waals surface area contributed by atoms with Crippen LogP contribution in [0.3, 0.4) is 0 Å². The summed E-state index contributed by atoms with van der Waals surface area (Å²) in [6, 6.07) is 4.77. The maximum absolute atomic E-state index is 11.7. The number of amides is 1. The first-order valence-corrected chi connectivity index (χ1v) is 9.69. The molecule has 1 amide bonds. The molecule has 1 unspecified atom stereocenters. The highest BCUT2D eigenvalue weighted by molar-refractivity contribution is 9.10. The van der Waals surface area contributed by atoms with Gasteiger partial charge in [0.25, 0.3) is 0 Å². The molecule has 1 aromatic rings. The molecule has 0 saturated heterocycles. The highest BCUT2D eigenvalue weighted by Crippen LogP contribution is 2.27. The highest BCUT2D eigenvalue weighted by Gasteiger charge is 2.23. The number of nitrogens with one attached hydrogen (secondary N) is 1. The van der Waals surface area contributed by atoms with Crippen LogP contribution in [0.4, 0.5) is 4.79 Å². The van der Waals surface area contributed by atoms with E-state index in [1.54, 1.807) is 39.6 Å². The summed E-state index contributed by atoms with van der Waals surface area (Å²) in [5, 5.41) is 11.6. The summed E-state index contributed by atoms with van der Waals surface area (Å²) < 4.78 is 11.4. The van der Waals surface area contributed by atoms with Gasteiger partial charge in [0, 0.05) is 15.8 Å². The average Bonchev–Trinajstić information content (AvgIpc) is 2.48. The Kier molecular flexibility index (Phi) is 8.58. The summed E-state index contributed by atoms with van der Waals surface area (Å²) in [5.74, 6) is 0.966. The quantitative estimate of drug-likeness (QED) is 0.601. The fourth-order valence-corrected chi connectivity index (χ4v) is 3.35. The van der Waals surface area contributed by atoms with Crippen molar-refractivity contribution in [3.63, 3.8) is 0 Å². The maximum atomic E-state index is 11.7. The Balaban J connectivity index is 2.50. The van der Waals surface area contributed by atoms with Gasteiger partial charge in [0.15, 0.2) is 0 Å². The number of alkyl carbamates (subject to hydrolysis) is 1. The lowest BCUT2D eigenvalue weighted by Gasteiger charge is -2.22. The van der Waals surface area contributed by atoms with Gasteiger partial charge in [-0.2, -0.15) is 11.8 Å². The third kappa shape index (κ3) is 8.49. The van der Waals surface area contributed by atoms with Crippen molar-refractivity contribution < 1.29 is 24.2 Å². The normalized spacial score (nSPS) is 12.4. The number of ether oxygens (including phenoxy) is 2. The van der Waals surface area contributed by atoms with E-state index in [0.717, 1.165) is 15.8 Å². The number of hydrogen-bond acceptors (Lipinski definition) is 5. The van der Waals surface area contributed by atoms with Crippen LogP contribution in [0, 0.1) is 0 Å². The molecule has 6 nitrogen and oxygen atoms in total. The van der Waals surface area contributed by atoms with Crippen molar-refractivity contribution in [1.29, 1.82) is 0 Å². The van der Waals surface area contributed by atoms with Gasteiger partial charge in [-0.1, -0.05) is 15.9 Å². The van der Waals surface area contributed by atoms with Gasteiger partial charge in [0.05, 0.1) is 7.11 Å². The van der Waals surface area contributed by atoms with E-state index in [0.29, 0.717) is 17.9 Å². The van der Waals surface area contributed by atoms with Crippen LogP contribution in [0.25, 0.3) is 0 Å². The Morgan fingerprint density at radius 2 is 2.04 bits per heavy atom. The predicted molar refractivity (Wildman–Crippen MR) is 102 cm³/mol. The Hall–Kier alpha value is -1.41. The van der Waals surface area contributed by atoms with Crippen LogP contribution in [-0.4, -0.2) is 41.7 Å². The first-order valence-electron chi connectivity index (χ1n) is 7.75. The van der Waals surface area contributed by atoms with Crippen molar-refractivity contribution in [2.75, 3.05) is 12.9 Å². The molecule has 8 heteroatoms. The summed E-state index contributed by atoms with van der Waals surface area (Å²) in [6.45, 7) is 5.18. The first-order chi connectivity index (χ1) is 11.6. The number of carbonyl (C=O) groups is 2. The van der Waals surface area contributed by atoms with E-state index >= 15 is 0 Å². The van der Waals surface area contributed by atoms with Gasteiger partial charge in [0.1, 0.15) is 17.4 Å². The van der Waals surface area contributed by atoms with E-state index in [1.165, 1.54) is 0 Å². The molecule has 1 aromatic carbocycles. The summed E-state index contributed by atoms with van der Waals surface area (Å²) in [4.78, 5) is 23.0. The van der Waals surface area contributed by atoms with Crippen LogP contribution in [0.5, 0.6) is 5.75 Å². The molecule has 0 fully saturated rings. The van der Waals surface area contributed by atoms with Gasteiger partial charge in [-0.3, -0.25) is 0 Å². The molecule has 0 spiro atoms. The number of carboxylic acids is 1. The summed E-state index contributed by atoms with van der Waals surface area (Å²) in [5.41, 5.74) is 0.355. The van der Waals surface area contributed by atoms with E-state index in [9.17, 15) is 14.7 Å². The second-order valence-corrected chi connectivity index (χ2v) is 8.36. The molecule has 0 aliphatic heterocycles. The molecule has 0 bridgehead atoms. The zero-order valence-electron chi connectivity index (χ0n) is 14.8. The van der Waals surface area contributed by atoms with Gasteiger partial charge in [-0.15, -0.1) is 0 Å². The summed E-state index contributed by atoms with van der Waals surface area (Å²) in [6.07, 6.45) is -0.422. The van der Waals surface area contributed by atoms with Gasteiger partial charge in [-0.05, 0) is 51.1 Å². The van der Waals surface area contributed by atoms with Gasteiger partial charge >= 0.3 is 12.1 Å². The minimum absolute atomic E-state index is 0.301. The van der Waals surface area contributed by atoms with Gasteiger partial charge in [-0.25, -0.2) is 9.59 Å². The first kappa shape index (κ1) is 21.6. The lowest BCUT2D eigenvalue weighted by molar-refractivity contribution is -0.139. The van der Waals surface area contributed by atoms with E-state index < -0.39 is 23.7 Å². The Labute approximate surface area is 160 Å².